The van der Waals surface area contributed by atoms with Gasteiger partial charge in [0.15, 0.2) is 0 Å². The van der Waals surface area contributed by atoms with Crippen LogP contribution in [0.4, 0.5) is 0 Å². The van der Waals surface area contributed by atoms with E-state index in [-0.39, 0.29) is 0 Å². The summed E-state index contributed by atoms with van der Waals surface area (Å²) in [6, 6.07) is 1.35. The summed E-state index contributed by atoms with van der Waals surface area (Å²) in [5.74, 6) is 1.51. The standard InChI is InChI=1S/C20H36N2O2/c1-19(2)15(13-7-11-23-17(13)19)21(5)9-10-22(6)16-14-8-12-24-18(14)20(16,3)4/h13-18H,7-12H2,1-6H3/t13-,14-,15+,16+,17-,18+/m0/s1. The number of hydrogen-bond acceptors (Lipinski definition) is 4. The van der Waals surface area contributed by atoms with Crippen LogP contribution in [0.25, 0.3) is 0 Å². The Morgan fingerprint density at radius 3 is 1.50 bits per heavy atom. The van der Waals surface area contributed by atoms with E-state index in [9.17, 15) is 0 Å². The van der Waals surface area contributed by atoms with Gasteiger partial charge in [0.1, 0.15) is 0 Å². The minimum atomic E-state index is 0.300. The van der Waals surface area contributed by atoms with Gasteiger partial charge < -0.3 is 19.3 Å². The van der Waals surface area contributed by atoms with E-state index in [0.717, 1.165) is 38.1 Å². The van der Waals surface area contributed by atoms with E-state index >= 15 is 0 Å². The maximum atomic E-state index is 5.96. The molecule has 0 N–H and O–H groups in total. The van der Waals surface area contributed by atoms with Gasteiger partial charge in [0.25, 0.3) is 0 Å². The molecule has 4 fully saturated rings. The predicted octanol–water partition coefficient (Wildman–Crippen LogP) is 2.48. The molecule has 0 aromatic carbocycles. The zero-order chi connectivity index (χ0) is 17.3. The van der Waals surface area contributed by atoms with Crippen LogP contribution in [0.3, 0.4) is 0 Å². The molecule has 2 aliphatic heterocycles. The summed E-state index contributed by atoms with van der Waals surface area (Å²) >= 11 is 0. The van der Waals surface area contributed by atoms with Crippen molar-refractivity contribution < 1.29 is 9.47 Å². The molecule has 4 heteroatoms. The van der Waals surface area contributed by atoms with Crippen LogP contribution in [0.1, 0.15) is 40.5 Å². The van der Waals surface area contributed by atoms with Crippen molar-refractivity contribution in [1.82, 2.24) is 9.80 Å². The van der Waals surface area contributed by atoms with Gasteiger partial charge in [0.2, 0.25) is 0 Å². The van der Waals surface area contributed by atoms with Crippen molar-refractivity contribution in [3.63, 3.8) is 0 Å². The maximum absolute atomic E-state index is 5.96. The first-order valence-corrected chi connectivity index (χ1v) is 9.90. The number of rotatable bonds is 5. The summed E-state index contributed by atoms with van der Waals surface area (Å²) in [7, 11) is 4.64. The van der Waals surface area contributed by atoms with Crippen LogP contribution in [0.15, 0.2) is 0 Å². The molecule has 4 nitrogen and oxygen atoms in total. The Bertz CT molecular complexity index is 448. The number of fused-ring (bicyclic) bond motifs is 2. The van der Waals surface area contributed by atoms with Gasteiger partial charge in [-0.2, -0.15) is 0 Å². The first-order valence-electron chi connectivity index (χ1n) is 9.90. The van der Waals surface area contributed by atoms with Crippen molar-refractivity contribution in [3.05, 3.63) is 0 Å². The molecule has 6 atom stereocenters. The second-order valence-corrected chi connectivity index (χ2v) is 9.98. The second-order valence-electron chi connectivity index (χ2n) is 9.98. The van der Waals surface area contributed by atoms with E-state index < -0.39 is 0 Å². The van der Waals surface area contributed by atoms with Crippen molar-refractivity contribution in [2.75, 3.05) is 40.4 Å². The van der Waals surface area contributed by atoms with Gasteiger partial charge in [0, 0.05) is 61.1 Å². The van der Waals surface area contributed by atoms with E-state index in [1.165, 1.54) is 12.8 Å². The molecular formula is C20H36N2O2. The number of nitrogens with zero attached hydrogens (tertiary/aromatic N) is 2. The van der Waals surface area contributed by atoms with Gasteiger partial charge in [-0.05, 0) is 26.9 Å². The fourth-order valence-electron chi connectivity index (χ4n) is 6.98. The average Bonchev–Trinajstić information content (AvgIpc) is 3.11. The van der Waals surface area contributed by atoms with Crippen LogP contribution in [-0.2, 0) is 9.47 Å². The van der Waals surface area contributed by atoms with Crippen molar-refractivity contribution in [2.24, 2.45) is 22.7 Å². The molecule has 4 aliphatic rings. The van der Waals surface area contributed by atoms with E-state index in [4.69, 9.17) is 9.47 Å². The lowest BCUT2D eigenvalue weighted by atomic mass is 9.56. The molecule has 0 aromatic rings. The quantitative estimate of drug-likeness (QED) is 0.770. The topological polar surface area (TPSA) is 24.9 Å². The van der Waals surface area contributed by atoms with Gasteiger partial charge >= 0.3 is 0 Å². The maximum Gasteiger partial charge on any atom is 0.0685 e. The Balaban J connectivity index is 1.34. The fourth-order valence-corrected chi connectivity index (χ4v) is 6.98. The first-order chi connectivity index (χ1) is 11.3. The third-order valence-electron chi connectivity index (χ3n) is 7.83. The van der Waals surface area contributed by atoms with Crippen molar-refractivity contribution in [1.29, 1.82) is 0 Å². The SMILES string of the molecule is CN(CCN(C)[C@@H]1[C@@H]2CCO[C@@H]2C1(C)C)[C@@H]1[C@@H]2CCO[C@H]2C1(C)C. The molecule has 0 unspecified atom stereocenters. The van der Waals surface area contributed by atoms with Crippen LogP contribution < -0.4 is 0 Å². The molecule has 2 saturated heterocycles. The van der Waals surface area contributed by atoms with E-state index in [1.807, 2.05) is 0 Å². The van der Waals surface area contributed by atoms with Crippen LogP contribution in [-0.4, -0.2) is 74.5 Å². The summed E-state index contributed by atoms with van der Waals surface area (Å²) in [6.45, 7) is 13.8. The van der Waals surface area contributed by atoms with E-state index in [2.05, 4.69) is 51.6 Å². The van der Waals surface area contributed by atoms with Crippen LogP contribution >= 0.6 is 0 Å². The Hall–Kier alpha value is -0.160. The molecule has 2 heterocycles. The van der Waals surface area contributed by atoms with Crippen molar-refractivity contribution in [2.45, 2.75) is 64.8 Å². The van der Waals surface area contributed by atoms with Gasteiger partial charge in [-0.25, -0.2) is 0 Å². The van der Waals surface area contributed by atoms with E-state index in [1.54, 1.807) is 0 Å². The zero-order valence-corrected chi connectivity index (χ0v) is 16.4. The molecule has 0 amide bonds. The van der Waals surface area contributed by atoms with Crippen molar-refractivity contribution >= 4 is 0 Å². The lowest BCUT2D eigenvalue weighted by Gasteiger charge is -2.59. The van der Waals surface area contributed by atoms with Crippen LogP contribution in [0, 0.1) is 22.7 Å². The van der Waals surface area contributed by atoms with Gasteiger partial charge in [-0.15, -0.1) is 0 Å². The van der Waals surface area contributed by atoms with E-state index in [0.29, 0.717) is 35.1 Å². The largest absolute Gasteiger partial charge is 0.377 e. The molecule has 0 bridgehead atoms. The molecular weight excluding hydrogens is 300 g/mol. The lowest BCUT2D eigenvalue weighted by molar-refractivity contribution is -0.161. The average molecular weight is 337 g/mol. The first kappa shape index (κ1) is 17.3. The molecule has 0 spiro atoms. The Morgan fingerprint density at radius 1 is 0.750 bits per heavy atom. The molecule has 0 radical (unpaired) electrons. The lowest BCUT2D eigenvalue weighted by Crippen LogP contribution is -2.68. The Morgan fingerprint density at radius 2 is 1.12 bits per heavy atom. The number of hydrogen-bond donors (Lipinski definition) is 0. The Kier molecular flexibility index (Phi) is 4.08. The summed E-state index contributed by atoms with van der Waals surface area (Å²) < 4.78 is 11.9. The second kappa shape index (κ2) is 5.67. The summed E-state index contributed by atoms with van der Waals surface area (Å²) in [4.78, 5) is 5.22. The molecule has 0 aromatic heterocycles. The monoisotopic (exact) mass is 336 g/mol. The molecule has 2 saturated carbocycles. The third kappa shape index (κ3) is 2.26. The fraction of sp³-hybridized carbons (Fsp3) is 1.00. The molecule has 24 heavy (non-hydrogen) atoms. The smallest absolute Gasteiger partial charge is 0.0685 e. The highest BCUT2D eigenvalue weighted by Gasteiger charge is 2.62. The summed E-state index contributed by atoms with van der Waals surface area (Å²) in [5.41, 5.74) is 0.600. The highest BCUT2D eigenvalue weighted by molar-refractivity contribution is 5.13. The zero-order valence-electron chi connectivity index (χ0n) is 16.4. The molecule has 138 valence electrons. The van der Waals surface area contributed by atoms with Crippen LogP contribution in [0.2, 0.25) is 0 Å². The Labute approximate surface area is 147 Å². The highest BCUT2D eigenvalue weighted by Crippen LogP contribution is 2.55. The molecule has 2 aliphatic carbocycles. The molecule has 4 rings (SSSR count). The minimum absolute atomic E-state index is 0.300. The number of ether oxygens (including phenoxy) is 2. The van der Waals surface area contributed by atoms with Gasteiger partial charge in [-0.3, -0.25) is 0 Å². The normalized spacial score (nSPS) is 45.0. The van der Waals surface area contributed by atoms with Crippen molar-refractivity contribution in [3.8, 4) is 0 Å². The summed E-state index contributed by atoms with van der Waals surface area (Å²) in [5, 5.41) is 0. The van der Waals surface area contributed by atoms with Crippen LogP contribution in [0.5, 0.6) is 0 Å². The van der Waals surface area contributed by atoms with Gasteiger partial charge in [-0.1, -0.05) is 27.7 Å². The predicted molar refractivity (Wildman–Crippen MR) is 96.1 cm³/mol. The number of likely N-dealkylation sites (N-methyl/N-ethyl adjacent to an activating group) is 2. The summed E-state index contributed by atoms with van der Waals surface area (Å²) in [6.07, 6.45) is 3.47. The van der Waals surface area contributed by atoms with Gasteiger partial charge in [0.05, 0.1) is 12.2 Å². The minimum Gasteiger partial charge on any atom is -0.377 e. The third-order valence-corrected chi connectivity index (χ3v) is 7.83. The highest BCUT2D eigenvalue weighted by atomic mass is 16.5.